The highest BCUT2D eigenvalue weighted by atomic mass is 32.2. The summed E-state index contributed by atoms with van der Waals surface area (Å²) in [4.78, 5) is 9.67. The molecule has 4 rings (SSSR count). The first kappa shape index (κ1) is 22.7. The van der Waals surface area contributed by atoms with Crippen LogP contribution in [-0.4, -0.2) is 98.3 Å². The molecule has 2 aromatic rings. The van der Waals surface area contributed by atoms with E-state index in [1.165, 1.54) is 18.4 Å². The van der Waals surface area contributed by atoms with Crippen molar-refractivity contribution >= 4 is 30.9 Å². The van der Waals surface area contributed by atoms with E-state index in [0.29, 0.717) is 17.8 Å². The molecule has 11 heteroatoms. The van der Waals surface area contributed by atoms with Gasteiger partial charge < -0.3 is 4.57 Å². The van der Waals surface area contributed by atoms with Crippen molar-refractivity contribution in [2.24, 2.45) is 0 Å². The molecule has 2 aliphatic heterocycles. The normalized spacial score (nSPS) is 23.2. The van der Waals surface area contributed by atoms with E-state index >= 15 is 0 Å². The highest BCUT2D eigenvalue weighted by molar-refractivity contribution is 7.91. The fourth-order valence-corrected chi connectivity index (χ4v) is 7.24. The Morgan fingerprint density at radius 3 is 2.45 bits per heavy atom. The van der Waals surface area contributed by atoms with Crippen LogP contribution in [0.1, 0.15) is 19.2 Å². The van der Waals surface area contributed by atoms with Gasteiger partial charge in [0.15, 0.2) is 9.84 Å². The van der Waals surface area contributed by atoms with E-state index in [9.17, 15) is 16.8 Å². The zero-order valence-corrected chi connectivity index (χ0v) is 20.0. The quantitative estimate of drug-likeness (QED) is 0.612. The number of benzene rings is 1. The predicted molar refractivity (Wildman–Crippen MR) is 120 cm³/mol. The summed E-state index contributed by atoms with van der Waals surface area (Å²) >= 11 is 0. The highest BCUT2D eigenvalue weighted by Gasteiger charge is 2.33. The summed E-state index contributed by atoms with van der Waals surface area (Å²) in [6, 6.07) is 5.29. The van der Waals surface area contributed by atoms with E-state index in [2.05, 4.69) is 21.3 Å². The summed E-state index contributed by atoms with van der Waals surface area (Å²) in [5, 5.41) is 0. The summed E-state index contributed by atoms with van der Waals surface area (Å²) < 4.78 is 51.9. The maximum Gasteiger partial charge on any atom is 0.242 e. The molecule has 31 heavy (non-hydrogen) atoms. The molecule has 3 heterocycles. The minimum absolute atomic E-state index is 0.157. The molecule has 0 spiro atoms. The van der Waals surface area contributed by atoms with Gasteiger partial charge in [-0.05, 0) is 31.5 Å². The number of aryl methyl sites for hydroxylation is 1. The SMILES string of the molecule is CCn1c(CN2CCN([C@@H]3CCS(=O)(=O)C3)CC2)nc2cc(S(=O)(=O)N(C)C)ccc21. The Bertz CT molecular complexity index is 1170. The maximum absolute atomic E-state index is 12.5. The van der Waals surface area contributed by atoms with Crippen molar-refractivity contribution in [3.8, 4) is 0 Å². The summed E-state index contributed by atoms with van der Waals surface area (Å²) in [6.45, 7) is 6.96. The molecule has 0 bridgehead atoms. The Hall–Kier alpha value is -1.53. The number of aromatic nitrogens is 2. The predicted octanol–water partition coefficient (Wildman–Crippen LogP) is 0.611. The van der Waals surface area contributed by atoms with Crippen molar-refractivity contribution in [3.05, 3.63) is 24.0 Å². The second-order valence-corrected chi connectivity index (χ2v) is 13.0. The number of nitrogens with zero attached hydrogens (tertiary/aromatic N) is 5. The second kappa shape index (κ2) is 8.43. The van der Waals surface area contributed by atoms with Gasteiger partial charge in [-0.15, -0.1) is 0 Å². The molecule has 2 aliphatic rings. The molecule has 0 N–H and O–H groups in total. The number of hydrogen-bond acceptors (Lipinski definition) is 7. The van der Waals surface area contributed by atoms with Crippen molar-refractivity contribution in [1.82, 2.24) is 23.7 Å². The lowest BCUT2D eigenvalue weighted by Crippen LogP contribution is -2.50. The number of sulfonamides is 1. The van der Waals surface area contributed by atoms with Gasteiger partial charge in [-0.2, -0.15) is 0 Å². The van der Waals surface area contributed by atoms with E-state index < -0.39 is 19.9 Å². The fraction of sp³-hybridized carbons (Fsp3) is 0.650. The minimum Gasteiger partial charge on any atom is -0.327 e. The largest absolute Gasteiger partial charge is 0.327 e. The number of sulfone groups is 1. The molecule has 0 saturated carbocycles. The maximum atomic E-state index is 12.5. The molecule has 1 aromatic heterocycles. The standard InChI is InChI=1S/C20H31N5O4S2/c1-4-25-19-6-5-17(31(28,29)22(2)3)13-18(19)21-20(25)14-23-8-10-24(11-9-23)16-7-12-30(26,27)15-16/h5-6,13,16H,4,7-12,14-15H2,1-3H3/t16-/m1/s1. The Kier molecular flexibility index (Phi) is 6.16. The van der Waals surface area contributed by atoms with Crippen LogP contribution in [0.15, 0.2) is 23.1 Å². The van der Waals surface area contributed by atoms with Gasteiger partial charge in [0.05, 0.1) is 34.0 Å². The van der Waals surface area contributed by atoms with Gasteiger partial charge in [-0.1, -0.05) is 0 Å². The van der Waals surface area contributed by atoms with Gasteiger partial charge in [0, 0.05) is 52.9 Å². The number of rotatable bonds is 6. The molecule has 1 atom stereocenters. The third kappa shape index (κ3) is 4.51. The average molecular weight is 470 g/mol. The molecule has 2 saturated heterocycles. The van der Waals surface area contributed by atoms with E-state index in [4.69, 9.17) is 4.98 Å². The van der Waals surface area contributed by atoms with Crippen molar-refractivity contribution in [3.63, 3.8) is 0 Å². The van der Waals surface area contributed by atoms with Crippen LogP contribution in [0.2, 0.25) is 0 Å². The van der Waals surface area contributed by atoms with Gasteiger partial charge in [-0.25, -0.2) is 26.1 Å². The lowest BCUT2D eigenvalue weighted by atomic mass is 10.2. The monoisotopic (exact) mass is 469 g/mol. The van der Waals surface area contributed by atoms with E-state index in [-0.39, 0.29) is 16.7 Å². The molecule has 0 radical (unpaired) electrons. The Morgan fingerprint density at radius 1 is 1.16 bits per heavy atom. The van der Waals surface area contributed by atoms with Gasteiger partial charge in [0.25, 0.3) is 0 Å². The molecule has 0 amide bonds. The highest BCUT2D eigenvalue weighted by Crippen LogP contribution is 2.24. The average Bonchev–Trinajstić information content (AvgIpc) is 3.26. The topological polar surface area (TPSA) is 95.8 Å². The van der Waals surface area contributed by atoms with Crippen LogP contribution in [0, 0.1) is 0 Å². The van der Waals surface area contributed by atoms with E-state index in [1.807, 2.05) is 6.07 Å². The van der Waals surface area contributed by atoms with Crippen molar-refractivity contribution in [1.29, 1.82) is 0 Å². The van der Waals surface area contributed by atoms with Crippen LogP contribution in [0.4, 0.5) is 0 Å². The van der Waals surface area contributed by atoms with Crippen LogP contribution in [0.5, 0.6) is 0 Å². The lowest BCUT2D eigenvalue weighted by Gasteiger charge is -2.37. The minimum atomic E-state index is -3.50. The first-order valence-corrected chi connectivity index (χ1v) is 14.0. The second-order valence-electron chi connectivity index (χ2n) is 8.58. The molecule has 172 valence electrons. The molecule has 9 nitrogen and oxygen atoms in total. The Labute approximate surface area is 184 Å². The van der Waals surface area contributed by atoms with Crippen LogP contribution in [-0.2, 0) is 33.0 Å². The lowest BCUT2D eigenvalue weighted by molar-refractivity contribution is 0.0977. The molecule has 2 fully saturated rings. The molecule has 1 aromatic carbocycles. The third-order valence-corrected chi connectivity index (χ3v) is 9.95. The zero-order valence-electron chi connectivity index (χ0n) is 18.4. The molecular formula is C20H31N5O4S2. The molecule has 0 aliphatic carbocycles. The van der Waals surface area contributed by atoms with E-state index in [1.54, 1.807) is 12.1 Å². The molecule has 0 unspecified atom stereocenters. The van der Waals surface area contributed by atoms with Crippen molar-refractivity contribution < 1.29 is 16.8 Å². The molecular weight excluding hydrogens is 438 g/mol. The zero-order chi connectivity index (χ0) is 22.4. The van der Waals surface area contributed by atoms with Crippen LogP contribution in [0.25, 0.3) is 11.0 Å². The first-order valence-electron chi connectivity index (χ1n) is 10.7. The fourth-order valence-electron chi connectivity index (χ4n) is 4.55. The Morgan fingerprint density at radius 2 is 1.87 bits per heavy atom. The van der Waals surface area contributed by atoms with Gasteiger partial charge in [-0.3, -0.25) is 9.80 Å². The number of imidazole rings is 1. The van der Waals surface area contributed by atoms with E-state index in [0.717, 1.165) is 50.5 Å². The van der Waals surface area contributed by atoms with Crippen LogP contribution >= 0.6 is 0 Å². The summed E-state index contributed by atoms with van der Waals surface area (Å²) in [7, 11) is -3.32. The summed E-state index contributed by atoms with van der Waals surface area (Å²) in [6.07, 6.45) is 0.742. The van der Waals surface area contributed by atoms with Gasteiger partial charge >= 0.3 is 0 Å². The van der Waals surface area contributed by atoms with Crippen molar-refractivity contribution in [2.45, 2.75) is 37.4 Å². The number of fused-ring (bicyclic) bond motifs is 1. The smallest absolute Gasteiger partial charge is 0.242 e. The summed E-state index contributed by atoms with van der Waals surface area (Å²) in [5.74, 6) is 1.52. The number of piperazine rings is 1. The Balaban J connectivity index is 1.48. The van der Waals surface area contributed by atoms with Gasteiger partial charge in [0.2, 0.25) is 10.0 Å². The van der Waals surface area contributed by atoms with Crippen LogP contribution < -0.4 is 0 Å². The van der Waals surface area contributed by atoms with Crippen molar-refractivity contribution in [2.75, 3.05) is 51.8 Å². The van der Waals surface area contributed by atoms with Crippen LogP contribution in [0.3, 0.4) is 0 Å². The van der Waals surface area contributed by atoms with Gasteiger partial charge in [0.1, 0.15) is 5.82 Å². The number of hydrogen-bond donors (Lipinski definition) is 0. The first-order chi connectivity index (χ1) is 14.6. The third-order valence-electron chi connectivity index (χ3n) is 6.39. The summed E-state index contributed by atoms with van der Waals surface area (Å²) in [5.41, 5.74) is 1.62.